The number of hydrogen-bond donors (Lipinski definition) is 6. The molecule has 0 amide bonds. The van der Waals surface area contributed by atoms with E-state index in [1.807, 2.05) is 18.2 Å². The first-order valence-electron chi connectivity index (χ1n) is 26.9. The number of thioether (sulfide) groups is 1. The summed E-state index contributed by atoms with van der Waals surface area (Å²) in [5.41, 5.74) is 10.0. The van der Waals surface area contributed by atoms with Crippen LogP contribution in [0.3, 0.4) is 0 Å². The van der Waals surface area contributed by atoms with Crippen molar-refractivity contribution < 1.29 is 175 Å². The van der Waals surface area contributed by atoms with Crippen LogP contribution in [0.25, 0.3) is 9.69 Å². The molecule has 2 aliphatic rings. The van der Waals surface area contributed by atoms with Crippen molar-refractivity contribution in [3.63, 3.8) is 0 Å². The summed E-state index contributed by atoms with van der Waals surface area (Å²) >= 11 is 0.566. The van der Waals surface area contributed by atoms with Gasteiger partial charge in [-0.25, -0.2) is 37.2 Å². The second-order valence-corrected chi connectivity index (χ2v) is 19.7. The molecule has 2 unspecified atom stereocenters. The Morgan fingerprint density at radius 2 is 1.17 bits per heavy atom. The van der Waals surface area contributed by atoms with Crippen LogP contribution in [0, 0.1) is 67.3 Å². The molecule has 10 rings (SSSR count). The molecule has 490 valence electrons. The van der Waals surface area contributed by atoms with Crippen LogP contribution in [0.5, 0.6) is 34.5 Å². The number of carbonyl (C=O) groups is 1. The van der Waals surface area contributed by atoms with E-state index in [0.29, 0.717) is 107 Å². The number of hydrogen-bond acceptors (Lipinski definition) is 25. The maximum atomic E-state index is 14.3. The van der Waals surface area contributed by atoms with Gasteiger partial charge >= 0.3 is 114 Å². The van der Waals surface area contributed by atoms with Crippen molar-refractivity contribution in [2.45, 2.75) is 50.5 Å². The van der Waals surface area contributed by atoms with Crippen LogP contribution < -0.4 is 169 Å². The maximum absolute atomic E-state index is 14.3. The van der Waals surface area contributed by atoms with Gasteiger partial charge in [0.2, 0.25) is 17.7 Å². The number of nitrogens with two attached hydrogens (primary N) is 1. The number of methoxy groups -OCH3 is 4. The Hall–Kier alpha value is -8.72. The van der Waals surface area contributed by atoms with Gasteiger partial charge in [0, 0.05) is 90.3 Å². The van der Waals surface area contributed by atoms with E-state index in [9.17, 15) is 37.8 Å². The van der Waals surface area contributed by atoms with Crippen molar-refractivity contribution in [3.8, 4) is 39.9 Å². The van der Waals surface area contributed by atoms with E-state index in [1.54, 1.807) is 88.4 Å². The van der Waals surface area contributed by atoms with Crippen LogP contribution in [0.4, 0.5) is 80.8 Å². The molecule has 0 radical (unpaired) electrons. The van der Waals surface area contributed by atoms with Crippen molar-refractivity contribution in [3.05, 3.63) is 198 Å². The first-order chi connectivity index (χ1) is 44.9. The summed E-state index contributed by atoms with van der Waals surface area (Å²) in [7, 11) is 6.26. The summed E-state index contributed by atoms with van der Waals surface area (Å²) in [6.07, 6.45) is 2.92. The molecule has 8 aromatic rings. The zero-order valence-electron chi connectivity index (χ0n) is 52.2. The van der Waals surface area contributed by atoms with Gasteiger partial charge in [0.15, 0.2) is 39.5 Å². The number of thiocyanates is 1. The number of nitrogens with zero attached hydrogens (tertiary/aromatic N) is 9. The molecule has 96 heavy (non-hydrogen) atoms. The fourth-order valence-electron chi connectivity index (χ4n) is 8.87. The quantitative estimate of drug-likeness (QED) is 0.00463. The van der Waals surface area contributed by atoms with Gasteiger partial charge in [-0.2, -0.15) is 15.2 Å². The van der Waals surface area contributed by atoms with E-state index in [-0.39, 0.29) is 183 Å². The normalized spacial score (nSPS) is 12.5. The number of nitrogens with one attached hydrogen (secondary N) is 5. The molecular formula is C61H57F4K2N15O13S. The Morgan fingerprint density at radius 3 is 1.62 bits per heavy atom. The Bertz CT molecular complexity index is 4190. The first kappa shape index (κ1) is 79.7. The summed E-state index contributed by atoms with van der Waals surface area (Å²) in [5, 5.41) is 57.5. The molecule has 0 spiro atoms. The number of aromatic nitrogens is 4. The topological polar surface area (TPSA) is 361 Å². The van der Waals surface area contributed by atoms with Crippen molar-refractivity contribution >= 4 is 81.4 Å². The van der Waals surface area contributed by atoms with Crippen molar-refractivity contribution in [1.82, 2.24) is 19.9 Å². The molecule has 2 aliphatic heterocycles. The van der Waals surface area contributed by atoms with Crippen molar-refractivity contribution in [2.24, 2.45) is 5.73 Å². The zero-order chi connectivity index (χ0) is 67.1. The predicted molar refractivity (Wildman–Crippen MR) is 336 cm³/mol. The van der Waals surface area contributed by atoms with Crippen LogP contribution >= 0.6 is 11.8 Å². The monoisotopic (exact) mass is 1390 g/mol. The summed E-state index contributed by atoms with van der Waals surface area (Å²) in [4.78, 5) is 56.2. The van der Waals surface area contributed by atoms with Gasteiger partial charge in [-0.15, -0.1) is 0 Å². The number of ether oxygens (including phenoxy) is 6. The van der Waals surface area contributed by atoms with Gasteiger partial charge in [-0.05, 0) is 60.7 Å². The molecule has 0 saturated carbocycles. The van der Waals surface area contributed by atoms with Gasteiger partial charge in [0.25, 0.3) is 6.47 Å². The average Bonchev–Trinajstić information content (AvgIpc) is 0.825. The molecule has 4 heterocycles. The van der Waals surface area contributed by atoms with Crippen molar-refractivity contribution in [1.29, 1.82) is 5.26 Å². The van der Waals surface area contributed by atoms with E-state index in [0.717, 1.165) is 35.7 Å². The first-order valence-corrected chi connectivity index (χ1v) is 27.7. The summed E-state index contributed by atoms with van der Waals surface area (Å²) in [6, 6.07) is 23.6. The van der Waals surface area contributed by atoms with Gasteiger partial charge < -0.3 is 72.3 Å². The molecule has 0 fully saturated rings. The summed E-state index contributed by atoms with van der Waals surface area (Å²) in [5.74, 6) is -0.554. The summed E-state index contributed by atoms with van der Waals surface area (Å²) in [6.45, 7) is 15.8. The van der Waals surface area contributed by atoms with E-state index in [1.165, 1.54) is 6.07 Å². The average molecular weight is 1390 g/mol. The van der Waals surface area contributed by atoms with E-state index in [2.05, 4.69) is 61.1 Å². The molecule has 35 heteroatoms. The molecule has 0 saturated heterocycles. The number of halogens is 4. The van der Waals surface area contributed by atoms with Gasteiger partial charge in [0.05, 0.1) is 93.4 Å². The minimum absolute atomic E-state index is 0. The van der Waals surface area contributed by atoms with Gasteiger partial charge in [-0.3, -0.25) is 25.0 Å². The SMILES string of the molecule is C.NC1CCOc2c(F)cc(F)cc21.O=CO[O-].[C-]#[N+]c1ccc(NCc2ccc(OC)cc2OC)c(Nc2ncc([N+](=O)[O-])c(NC3CCOc4c(F)cc(F)cc43)n2)c1.[C-]#[N+]c1ccc(NCc2ccc(OC)cc2OC)c(Nc2ncc([N+](=O)[O-])c(SC#N)n2)c1.[H-].[K+].[K+]. The minimum Gasteiger partial charge on any atom is -1.00 e. The molecular weight excluding hydrogens is 1340 g/mol. The fourth-order valence-corrected chi connectivity index (χ4v) is 9.32. The molecule has 28 nitrogen and oxygen atoms in total. The van der Waals surface area contributed by atoms with Crippen LogP contribution in [0.1, 0.15) is 56.0 Å². The Kier molecular flexibility index (Phi) is 32.7. The predicted octanol–water partition coefficient (Wildman–Crippen LogP) is 6.34. The van der Waals surface area contributed by atoms with Crippen LogP contribution in [-0.2, 0) is 22.8 Å². The third kappa shape index (κ3) is 21.6. The van der Waals surface area contributed by atoms with E-state index < -0.39 is 44.8 Å². The standard InChI is InChI=1S/C29H25F2N7O5.C21H17N7O4S.C9H9F2NO.CH2O3.CH4.2K.H/c1-32-18-5-7-23(33-14-16-4-6-19(41-2)13-26(16)42-3)24(12-18)36-29-34-15-25(38(39)40)28(37-29)35-22-8-9-43-27-20(22)10-17(30)11-21(27)31;1-23-14-5-7-16(24-10-13-4-6-15(31-2)9-19(13)32-3)17(8-14)26-21-25-11-18(28(29)30)20(27-21)33-12-22;10-5-3-6-8(12)1-2-13-9(6)7(11)4-5;2-1-4-3;;;;/h4-7,10-13,15,22,33H,8-9,14H2,2-3H3,(H2,34,35,36,37);4-9,11,24H,10H2,2-3H3,(H,25,26,27);3-4,8H,1-2,12H2;1,3H;1H4;;;/q;;;;;2*+1;-1/p-1. The Balaban J connectivity index is 0.000000400. The van der Waals surface area contributed by atoms with Crippen LogP contribution in [-0.4, -0.2) is 77.9 Å². The number of carbonyl (C=O) groups excluding carboxylic acids is 1. The molecule has 0 bridgehead atoms. The van der Waals surface area contributed by atoms with E-state index in [4.69, 9.17) is 62.6 Å². The van der Waals surface area contributed by atoms with Crippen LogP contribution in [0.2, 0.25) is 0 Å². The van der Waals surface area contributed by atoms with Gasteiger partial charge in [0.1, 0.15) is 52.4 Å². The second kappa shape index (κ2) is 39.4. The third-order valence-electron chi connectivity index (χ3n) is 13.3. The number of anilines is 7. The Labute approximate surface area is 637 Å². The fraction of sp³-hybridized carbons (Fsp3) is 0.213. The molecule has 2 aromatic heterocycles. The smallest absolute Gasteiger partial charge is 1.00 e. The summed E-state index contributed by atoms with van der Waals surface area (Å²) < 4.78 is 86.0. The molecule has 0 aliphatic carbocycles. The van der Waals surface area contributed by atoms with E-state index >= 15 is 0 Å². The number of nitriles is 1. The van der Waals surface area contributed by atoms with Gasteiger partial charge in [-0.1, -0.05) is 19.6 Å². The number of benzene rings is 6. The molecule has 7 N–H and O–H groups in total. The number of rotatable bonds is 20. The Morgan fingerprint density at radius 1 is 0.698 bits per heavy atom. The largest absolute Gasteiger partial charge is 1.00 e. The third-order valence-corrected chi connectivity index (χ3v) is 13.8. The molecule has 2 atom stereocenters. The second-order valence-electron chi connectivity index (χ2n) is 18.9. The van der Waals surface area contributed by atoms with Crippen LogP contribution in [0.15, 0.2) is 114 Å². The maximum Gasteiger partial charge on any atom is 1.00 e. The minimum atomic E-state index is -0.868. The van der Waals surface area contributed by atoms with Crippen molar-refractivity contribution in [2.75, 3.05) is 68.2 Å². The number of fused-ring (bicyclic) bond motifs is 2. The molecule has 6 aromatic carbocycles. The zero-order valence-corrected chi connectivity index (χ0v) is 58.3. The number of nitro groups is 2.